The van der Waals surface area contributed by atoms with Gasteiger partial charge in [-0.3, -0.25) is 0 Å². The standard InChI is InChI=1S/C9H7ClN2O2/c1-14-9(13)8(12-11)6-2-4-7(10)5-3-6/h2-5H,1H3/p+1/b9-8+. The molecule has 0 radical (unpaired) electrons. The van der Waals surface area contributed by atoms with Crippen LogP contribution >= 0.6 is 11.6 Å². The molecule has 72 valence electrons. The predicted octanol–water partition coefficient (Wildman–Crippen LogP) is 3.02. The Morgan fingerprint density at radius 3 is 2.43 bits per heavy atom. The van der Waals surface area contributed by atoms with E-state index in [1.807, 2.05) is 0 Å². The number of methoxy groups -OCH3 is 1. The molecule has 0 bridgehead atoms. The zero-order valence-corrected chi connectivity index (χ0v) is 8.19. The largest absolute Gasteiger partial charge is 0.475 e. The van der Waals surface area contributed by atoms with E-state index in [0.717, 1.165) is 0 Å². The number of aliphatic hydroxyl groups is 1. The Labute approximate surface area is 86.0 Å². The highest BCUT2D eigenvalue weighted by Crippen LogP contribution is 2.21. The molecular weight excluding hydrogens is 204 g/mol. The van der Waals surface area contributed by atoms with Gasteiger partial charge >= 0.3 is 11.6 Å². The Bertz CT molecular complexity index is 392. The van der Waals surface area contributed by atoms with Crippen LogP contribution in [0.3, 0.4) is 0 Å². The number of ether oxygens (including phenoxy) is 1. The predicted molar refractivity (Wildman–Crippen MR) is 53.1 cm³/mol. The second kappa shape index (κ2) is 4.49. The second-order valence-electron chi connectivity index (χ2n) is 2.46. The summed E-state index contributed by atoms with van der Waals surface area (Å²) in [6, 6.07) is 6.44. The van der Waals surface area contributed by atoms with Crippen molar-refractivity contribution in [3.8, 4) is 0 Å². The lowest BCUT2D eigenvalue weighted by Gasteiger charge is -1.94. The van der Waals surface area contributed by atoms with E-state index in [-0.39, 0.29) is 5.70 Å². The normalized spacial score (nSPS) is 11.5. The van der Waals surface area contributed by atoms with Crippen molar-refractivity contribution in [1.29, 1.82) is 5.39 Å². The van der Waals surface area contributed by atoms with E-state index >= 15 is 0 Å². The first-order chi connectivity index (χ1) is 6.69. The van der Waals surface area contributed by atoms with Crippen LogP contribution in [0, 0.1) is 5.39 Å². The summed E-state index contributed by atoms with van der Waals surface area (Å²) < 4.78 is 4.54. The molecular formula is C9H8ClN2O2+. The van der Waals surface area contributed by atoms with E-state index in [1.165, 1.54) is 7.11 Å². The molecule has 0 fully saturated rings. The Kier molecular flexibility index (Phi) is 3.32. The van der Waals surface area contributed by atoms with Gasteiger partial charge in [-0.15, -0.1) is 0 Å². The van der Waals surface area contributed by atoms with Gasteiger partial charge in [0, 0.05) is 5.02 Å². The lowest BCUT2D eigenvalue weighted by Crippen LogP contribution is -1.90. The fourth-order valence-electron chi connectivity index (χ4n) is 0.928. The number of hydrogen-bond acceptors (Lipinski definition) is 3. The average molecular weight is 212 g/mol. The Morgan fingerprint density at radius 2 is 2.00 bits per heavy atom. The summed E-state index contributed by atoms with van der Waals surface area (Å²) in [6.07, 6.45) is 0. The van der Waals surface area contributed by atoms with Crippen LogP contribution in [0.15, 0.2) is 30.2 Å². The first-order valence-corrected chi connectivity index (χ1v) is 4.15. The summed E-state index contributed by atoms with van der Waals surface area (Å²) in [6.45, 7) is 0. The second-order valence-corrected chi connectivity index (χ2v) is 2.90. The summed E-state index contributed by atoms with van der Waals surface area (Å²) in [5, 5.41) is 18.4. The van der Waals surface area contributed by atoms with E-state index in [9.17, 15) is 5.11 Å². The molecule has 1 aromatic rings. The third kappa shape index (κ3) is 2.15. The summed E-state index contributed by atoms with van der Waals surface area (Å²) in [4.78, 5) is 2.92. The van der Waals surface area contributed by atoms with Crippen LogP contribution in [-0.2, 0) is 4.74 Å². The topological polar surface area (TPSA) is 57.6 Å². The molecule has 0 aromatic heterocycles. The SMILES string of the molecule is CO/C(O)=C(/[N+]#N)c1ccc(Cl)cc1. The van der Waals surface area contributed by atoms with Gasteiger partial charge in [0.1, 0.15) is 0 Å². The lowest BCUT2D eigenvalue weighted by molar-refractivity contribution is 0.139. The molecule has 0 spiro atoms. The molecule has 0 saturated heterocycles. The fourth-order valence-corrected chi connectivity index (χ4v) is 1.05. The van der Waals surface area contributed by atoms with Crippen molar-refractivity contribution < 1.29 is 9.84 Å². The first-order valence-electron chi connectivity index (χ1n) is 3.77. The minimum absolute atomic E-state index is 0.0378. The number of aliphatic hydroxyl groups excluding tert-OH is 1. The van der Waals surface area contributed by atoms with Crippen LogP contribution in [0.5, 0.6) is 0 Å². The number of nitrogens with zero attached hydrogens (tertiary/aromatic N) is 2. The van der Waals surface area contributed by atoms with Gasteiger partial charge < -0.3 is 9.84 Å². The van der Waals surface area contributed by atoms with Crippen molar-refractivity contribution in [2.75, 3.05) is 7.11 Å². The summed E-state index contributed by atoms with van der Waals surface area (Å²) in [5.74, 6) is -0.449. The summed E-state index contributed by atoms with van der Waals surface area (Å²) >= 11 is 5.67. The number of hydrogen-bond donors (Lipinski definition) is 1. The van der Waals surface area contributed by atoms with Crippen molar-refractivity contribution in [3.05, 3.63) is 45.8 Å². The van der Waals surface area contributed by atoms with Gasteiger partial charge in [-0.2, -0.15) is 0 Å². The summed E-state index contributed by atoms with van der Waals surface area (Å²) in [5.41, 5.74) is 0.473. The van der Waals surface area contributed by atoms with Crippen molar-refractivity contribution in [3.63, 3.8) is 0 Å². The molecule has 0 amide bonds. The average Bonchev–Trinajstić information content (AvgIpc) is 2.21. The molecule has 0 atom stereocenters. The number of benzene rings is 1. The molecule has 1 N–H and O–H groups in total. The van der Waals surface area contributed by atoms with Gasteiger partial charge in [-0.1, -0.05) is 11.6 Å². The molecule has 1 rings (SSSR count). The molecule has 14 heavy (non-hydrogen) atoms. The molecule has 0 aliphatic heterocycles. The highest BCUT2D eigenvalue weighted by molar-refractivity contribution is 6.30. The van der Waals surface area contributed by atoms with Crippen LogP contribution in [0.4, 0.5) is 0 Å². The summed E-state index contributed by atoms with van der Waals surface area (Å²) in [7, 11) is 1.27. The Hall–Kier alpha value is -1.73. The zero-order chi connectivity index (χ0) is 10.6. The maximum absolute atomic E-state index is 9.21. The van der Waals surface area contributed by atoms with Gasteiger partial charge in [0.05, 0.1) is 12.7 Å². The molecule has 1 aromatic carbocycles. The van der Waals surface area contributed by atoms with Gasteiger partial charge in [0.25, 0.3) is 0 Å². The smallest absolute Gasteiger partial charge is 0.471 e. The first kappa shape index (κ1) is 10.4. The van der Waals surface area contributed by atoms with Crippen LogP contribution in [0.2, 0.25) is 5.02 Å². The van der Waals surface area contributed by atoms with E-state index in [0.29, 0.717) is 10.6 Å². The maximum Gasteiger partial charge on any atom is 0.471 e. The quantitative estimate of drug-likeness (QED) is 0.604. The molecule has 4 nitrogen and oxygen atoms in total. The lowest BCUT2D eigenvalue weighted by atomic mass is 10.2. The van der Waals surface area contributed by atoms with Gasteiger partial charge in [-0.05, 0) is 24.3 Å². The molecule has 0 aliphatic carbocycles. The highest BCUT2D eigenvalue weighted by Gasteiger charge is 2.22. The van der Waals surface area contributed by atoms with Crippen molar-refractivity contribution in [2.45, 2.75) is 0 Å². The van der Waals surface area contributed by atoms with Crippen LogP contribution < -0.4 is 0 Å². The molecule has 0 saturated carbocycles. The number of diazo groups is 1. The van der Waals surface area contributed by atoms with E-state index in [2.05, 4.69) is 9.71 Å². The van der Waals surface area contributed by atoms with Crippen molar-refractivity contribution in [1.82, 2.24) is 0 Å². The third-order valence-electron chi connectivity index (χ3n) is 1.61. The Balaban J connectivity index is 3.16. The van der Waals surface area contributed by atoms with Crippen LogP contribution in [0.1, 0.15) is 5.56 Å². The van der Waals surface area contributed by atoms with E-state index in [1.54, 1.807) is 24.3 Å². The zero-order valence-electron chi connectivity index (χ0n) is 7.44. The molecule has 0 unspecified atom stereocenters. The van der Waals surface area contributed by atoms with Crippen molar-refractivity contribution >= 4 is 17.3 Å². The van der Waals surface area contributed by atoms with Gasteiger partial charge in [0.2, 0.25) is 5.39 Å². The molecule has 5 heteroatoms. The number of rotatable bonds is 2. The Morgan fingerprint density at radius 1 is 1.43 bits per heavy atom. The maximum atomic E-state index is 9.21. The van der Waals surface area contributed by atoms with Gasteiger partial charge in [-0.25, -0.2) is 0 Å². The molecule has 0 heterocycles. The van der Waals surface area contributed by atoms with Crippen molar-refractivity contribution in [2.24, 2.45) is 0 Å². The minimum Gasteiger partial charge on any atom is -0.475 e. The fraction of sp³-hybridized carbons (Fsp3) is 0.111. The monoisotopic (exact) mass is 211 g/mol. The third-order valence-corrected chi connectivity index (χ3v) is 1.87. The van der Waals surface area contributed by atoms with Crippen LogP contribution in [-0.4, -0.2) is 12.2 Å². The van der Waals surface area contributed by atoms with E-state index in [4.69, 9.17) is 17.0 Å². The highest BCUT2D eigenvalue weighted by atomic mass is 35.5. The molecule has 0 aliphatic rings. The number of halogens is 1. The van der Waals surface area contributed by atoms with Gasteiger partial charge in [0.15, 0.2) is 4.98 Å². The van der Waals surface area contributed by atoms with Crippen LogP contribution in [0.25, 0.3) is 10.7 Å². The minimum atomic E-state index is -0.449. The van der Waals surface area contributed by atoms with E-state index < -0.39 is 5.95 Å².